The molecule has 0 radical (unpaired) electrons. The minimum absolute atomic E-state index is 0.254. The predicted molar refractivity (Wildman–Crippen MR) is 188 cm³/mol. The lowest BCUT2D eigenvalue weighted by Gasteiger charge is -2.16. The van der Waals surface area contributed by atoms with Crippen LogP contribution in [0.5, 0.6) is 0 Å². The van der Waals surface area contributed by atoms with Crippen molar-refractivity contribution in [2.45, 2.75) is 33.1 Å². The van der Waals surface area contributed by atoms with E-state index in [0.29, 0.717) is 55.9 Å². The number of hydrogen-bond donors (Lipinski definition) is 2. The molecule has 5 heterocycles. The predicted octanol–water partition coefficient (Wildman–Crippen LogP) is 9.24. The Hall–Kier alpha value is -5.52. The molecule has 0 amide bonds. The smallest absolute Gasteiger partial charge is 0.252 e. The summed E-state index contributed by atoms with van der Waals surface area (Å²) in [7, 11) is 0. The molecule has 7 aromatic rings. The fraction of sp³-hybridized carbons (Fsp3) is 0.139. The summed E-state index contributed by atoms with van der Waals surface area (Å²) in [5, 5.41) is 7.70. The number of nitrogens with one attached hydrogen (secondary N) is 2. The van der Waals surface area contributed by atoms with E-state index in [1.807, 2.05) is 37.3 Å². The van der Waals surface area contributed by atoms with Gasteiger partial charge in [-0.3, -0.25) is 9.97 Å². The fourth-order valence-corrected chi connectivity index (χ4v) is 6.39. The highest BCUT2D eigenvalue weighted by molar-refractivity contribution is 6.31. The third-order valence-electron chi connectivity index (χ3n) is 8.30. The third kappa shape index (κ3) is 6.03. The normalized spacial score (nSPS) is 12.3. The molecule has 0 aliphatic heterocycles. The van der Waals surface area contributed by atoms with Crippen LogP contribution in [0.25, 0.3) is 45.3 Å². The molecule has 0 saturated heterocycles. The van der Waals surface area contributed by atoms with Crippen LogP contribution in [0, 0.1) is 19.7 Å². The van der Waals surface area contributed by atoms with E-state index in [9.17, 15) is 4.39 Å². The Balaban J connectivity index is 1.18. The molecule has 2 aromatic carbocycles. The molecule has 2 N–H and O–H groups in total. The van der Waals surface area contributed by atoms with Crippen LogP contribution >= 0.6 is 23.2 Å². The van der Waals surface area contributed by atoms with Crippen molar-refractivity contribution in [1.82, 2.24) is 34.9 Å². The van der Waals surface area contributed by atoms with Crippen LogP contribution in [-0.2, 0) is 12.8 Å². The van der Waals surface area contributed by atoms with E-state index in [2.05, 4.69) is 25.6 Å². The molecule has 242 valence electrons. The van der Waals surface area contributed by atoms with Gasteiger partial charge in [0.25, 0.3) is 5.71 Å². The Bertz CT molecular complexity index is 2400. The molecule has 1 aliphatic rings. The quantitative estimate of drug-likeness (QED) is 0.167. The monoisotopic (exact) mass is 689 g/mol. The molecule has 0 fully saturated rings. The van der Waals surface area contributed by atoms with Crippen molar-refractivity contribution in [2.75, 3.05) is 10.6 Å². The summed E-state index contributed by atoms with van der Waals surface area (Å²) in [5.41, 5.74) is 7.58. The SMILES string of the molecule is Cc1nc2c(Nc3ccncc3)nc(-c3cc(Cl)cc(-c4nccc(Nc5nc(-c6cc(Cl)ccc6F)nc6c5CCC6)c4C)c3)nc2o1. The highest BCUT2D eigenvalue weighted by atomic mass is 35.5. The minimum Gasteiger partial charge on any atom is -0.422 e. The van der Waals surface area contributed by atoms with Gasteiger partial charge in [0.2, 0.25) is 0 Å². The van der Waals surface area contributed by atoms with Crippen LogP contribution in [-0.4, -0.2) is 34.9 Å². The molecule has 0 spiro atoms. The topological polar surface area (TPSA) is 127 Å². The second-order valence-electron chi connectivity index (χ2n) is 11.6. The summed E-state index contributed by atoms with van der Waals surface area (Å²) < 4.78 is 20.7. The lowest BCUT2D eigenvalue weighted by molar-refractivity contribution is 0.551. The molecule has 10 nitrogen and oxygen atoms in total. The number of anilines is 4. The zero-order valence-electron chi connectivity index (χ0n) is 26.2. The Morgan fingerprint density at radius 3 is 2.43 bits per heavy atom. The Morgan fingerprint density at radius 1 is 0.755 bits per heavy atom. The van der Waals surface area contributed by atoms with Gasteiger partial charge in [-0.15, -0.1) is 0 Å². The molecule has 0 bridgehead atoms. The first-order chi connectivity index (χ1) is 23.8. The molecule has 0 saturated carbocycles. The Kier molecular flexibility index (Phi) is 7.85. The van der Waals surface area contributed by atoms with Gasteiger partial charge in [-0.1, -0.05) is 23.2 Å². The van der Waals surface area contributed by atoms with Crippen molar-refractivity contribution in [3.05, 3.63) is 112 Å². The van der Waals surface area contributed by atoms with Crippen LogP contribution in [0.2, 0.25) is 10.0 Å². The van der Waals surface area contributed by atoms with Crippen molar-refractivity contribution in [1.29, 1.82) is 0 Å². The third-order valence-corrected chi connectivity index (χ3v) is 8.75. The summed E-state index contributed by atoms with van der Waals surface area (Å²) in [6.45, 7) is 3.73. The van der Waals surface area contributed by atoms with Crippen LogP contribution in [0.4, 0.5) is 27.4 Å². The van der Waals surface area contributed by atoms with Gasteiger partial charge in [0.15, 0.2) is 28.9 Å². The maximum atomic E-state index is 14.9. The largest absolute Gasteiger partial charge is 0.422 e. The van der Waals surface area contributed by atoms with E-state index in [1.54, 1.807) is 37.6 Å². The van der Waals surface area contributed by atoms with Crippen molar-refractivity contribution >= 4 is 57.4 Å². The van der Waals surface area contributed by atoms with Crippen molar-refractivity contribution in [3.8, 4) is 34.0 Å². The Morgan fingerprint density at radius 2 is 1.57 bits per heavy atom. The van der Waals surface area contributed by atoms with E-state index >= 15 is 0 Å². The van der Waals surface area contributed by atoms with Crippen molar-refractivity contribution in [2.24, 2.45) is 0 Å². The zero-order valence-corrected chi connectivity index (χ0v) is 27.7. The first-order valence-corrected chi connectivity index (χ1v) is 16.3. The number of fused-ring (bicyclic) bond motifs is 2. The number of halogens is 3. The van der Waals surface area contributed by atoms with Gasteiger partial charge >= 0.3 is 0 Å². The minimum atomic E-state index is -0.436. The second-order valence-corrected chi connectivity index (χ2v) is 12.5. The molecule has 1 aliphatic carbocycles. The standard InChI is InChI=1S/C36H26Cl2FN9O/c1-18-28(44-33-25-4-3-5-29(25)45-34(47-33)26-17-22(37)6-7-27(26)39)10-13-41-30(18)20-14-21(16-23(38)15-20)32-46-35(43-24-8-11-40-12-9-24)31-36(48-32)49-19(2)42-31/h6-17H,3-5H2,1-2H3,(H,40,43,46,48)(H,41,44,45,47). The van der Waals surface area contributed by atoms with E-state index in [-0.39, 0.29) is 11.4 Å². The number of benzene rings is 2. The number of aromatic nitrogens is 7. The first kappa shape index (κ1) is 30.8. The van der Waals surface area contributed by atoms with Crippen LogP contribution in [0.15, 0.2) is 77.6 Å². The van der Waals surface area contributed by atoms with Crippen LogP contribution in [0.1, 0.15) is 29.1 Å². The van der Waals surface area contributed by atoms with Gasteiger partial charge in [-0.2, -0.15) is 4.98 Å². The Labute approximate surface area is 289 Å². The molecule has 49 heavy (non-hydrogen) atoms. The molecule has 5 aromatic heterocycles. The number of pyridine rings is 2. The summed E-state index contributed by atoms with van der Waals surface area (Å²) in [4.78, 5) is 32.3. The maximum Gasteiger partial charge on any atom is 0.252 e. The van der Waals surface area contributed by atoms with Gasteiger partial charge in [0.1, 0.15) is 11.6 Å². The van der Waals surface area contributed by atoms with Gasteiger partial charge in [-0.05, 0) is 86.3 Å². The van der Waals surface area contributed by atoms with E-state index in [1.165, 1.54) is 12.1 Å². The van der Waals surface area contributed by atoms with E-state index in [0.717, 1.165) is 53.0 Å². The lowest BCUT2D eigenvalue weighted by atomic mass is 10.0. The van der Waals surface area contributed by atoms with Crippen LogP contribution in [0.3, 0.4) is 0 Å². The van der Waals surface area contributed by atoms with Gasteiger partial charge in [-0.25, -0.2) is 24.3 Å². The summed E-state index contributed by atoms with van der Waals surface area (Å²) in [6, 6.07) is 15.5. The molecular weight excluding hydrogens is 664 g/mol. The average Bonchev–Trinajstić information content (AvgIpc) is 3.73. The summed E-state index contributed by atoms with van der Waals surface area (Å²) >= 11 is 12.9. The van der Waals surface area contributed by atoms with Gasteiger partial charge < -0.3 is 15.1 Å². The number of hydrogen-bond acceptors (Lipinski definition) is 10. The number of rotatable bonds is 7. The van der Waals surface area contributed by atoms with Crippen LogP contribution < -0.4 is 10.6 Å². The fourth-order valence-electron chi connectivity index (χ4n) is 5.98. The first-order valence-electron chi connectivity index (χ1n) is 15.5. The number of nitrogens with zero attached hydrogens (tertiary/aromatic N) is 7. The summed E-state index contributed by atoms with van der Waals surface area (Å²) in [6.07, 6.45) is 7.64. The van der Waals surface area contributed by atoms with Crippen molar-refractivity contribution in [3.63, 3.8) is 0 Å². The van der Waals surface area contributed by atoms with Gasteiger partial charge in [0.05, 0.1) is 11.3 Å². The van der Waals surface area contributed by atoms with Gasteiger partial charge in [0, 0.05) is 69.3 Å². The highest BCUT2D eigenvalue weighted by Gasteiger charge is 2.23. The van der Waals surface area contributed by atoms with E-state index < -0.39 is 5.82 Å². The molecule has 0 atom stereocenters. The number of oxazole rings is 1. The molecule has 13 heteroatoms. The summed E-state index contributed by atoms with van der Waals surface area (Å²) in [5.74, 6) is 1.82. The second kappa shape index (κ2) is 12.5. The van der Waals surface area contributed by atoms with E-state index in [4.69, 9.17) is 47.6 Å². The average molecular weight is 691 g/mol. The number of aryl methyl sites for hydroxylation is 2. The lowest BCUT2D eigenvalue weighted by Crippen LogP contribution is -2.06. The highest BCUT2D eigenvalue weighted by Crippen LogP contribution is 2.37. The van der Waals surface area contributed by atoms with Crippen molar-refractivity contribution < 1.29 is 8.81 Å². The maximum absolute atomic E-state index is 14.9. The molecule has 0 unspecified atom stereocenters. The molecular formula is C36H26Cl2FN9O. The molecule has 8 rings (SSSR count). The zero-order chi connectivity index (χ0) is 33.6.